The zero-order valence-corrected chi connectivity index (χ0v) is 45.7. The van der Waals surface area contributed by atoms with Crippen molar-refractivity contribution in [3.8, 4) is 50.2 Å². The SMILES string of the molecule is C1=CC2c3ccccc3N(c3cccc(C4CC(c5ccc(-n6c7ccccc7c7ccccc76)c(-c6ccccc6)c5)=NC(c5ccc(-c6cc(-c7ccccc7)ccc6C6=Cc7ccccc7-c7ccccc7C6)cc5)=N4)c3)C2C=C1. The molecule has 4 heteroatoms. The molecule has 0 bridgehead atoms. The van der Waals surface area contributed by atoms with E-state index in [2.05, 4.69) is 307 Å². The van der Waals surface area contributed by atoms with Gasteiger partial charge in [0.25, 0.3) is 0 Å². The maximum absolute atomic E-state index is 5.67. The summed E-state index contributed by atoms with van der Waals surface area (Å²) in [6.45, 7) is 0. The zero-order chi connectivity index (χ0) is 54.8. The van der Waals surface area contributed by atoms with Crippen molar-refractivity contribution in [3.63, 3.8) is 0 Å². The Labute approximate surface area is 484 Å². The minimum atomic E-state index is -0.202. The van der Waals surface area contributed by atoms with Crippen LogP contribution in [0.15, 0.2) is 301 Å². The number of hydrogen-bond donors (Lipinski definition) is 0. The normalized spacial score (nSPS) is 16.8. The molecule has 2 aliphatic heterocycles. The number of amidine groups is 1. The highest BCUT2D eigenvalue weighted by molar-refractivity contribution is 6.15. The van der Waals surface area contributed by atoms with Gasteiger partial charge < -0.3 is 9.47 Å². The van der Waals surface area contributed by atoms with Crippen LogP contribution in [-0.2, 0) is 6.42 Å². The van der Waals surface area contributed by atoms with Gasteiger partial charge in [0.2, 0.25) is 0 Å². The quantitative estimate of drug-likeness (QED) is 0.142. The van der Waals surface area contributed by atoms with Gasteiger partial charge in [-0.15, -0.1) is 0 Å². The van der Waals surface area contributed by atoms with E-state index in [4.69, 9.17) is 9.98 Å². The summed E-state index contributed by atoms with van der Waals surface area (Å²) in [6, 6.07) is 97.8. The standard InChI is InChI=1S/C79H56N4/c1-3-20-52(21-4-1)56-42-44-65(61-46-57-24-7-9-28-63(57)64-29-10-8-25-58(64)47-61)70(49-56)54-38-40-55(41-39-54)79-80-72(59-26-19-27-62(48-59)82-74-34-15-11-30-66(74)67-31-12-16-35-75(67)82)51-73(81-79)60-43-45-78(71(50-60)53-22-5-2-6-23-53)83-76-36-17-13-32-68(76)69-33-14-18-37-77(69)83/h1-46,48-50,66,72,74H,47,51H2. The van der Waals surface area contributed by atoms with E-state index in [0.717, 1.165) is 57.0 Å². The van der Waals surface area contributed by atoms with E-state index in [0.29, 0.717) is 12.3 Å². The molecule has 0 amide bonds. The molecule has 0 fully saturated rings. The van der Waals surface area contributed by atoms with Crippen LogP contribution in [0, 0.1) is 0 Å². The molecule has 392 valence electrons. The molecule has 3 atom stereocenters. The largest absolute Gasteiger partial charge is 0.333 e. The number of anilines is 2. The van der Waals surface area contributed by atoms with Crippen LogP contribution in [-0.4, -0.2) is 22.2 Å². The van der Waals surface area contributed by atoms with Gasteiger partial charge in [-0.25, -0.2) is 4.99 Å². The second-order valence-electron chi connectivity index (χ2n) is 22.3. The Balaban J connectivity index is 0.837. The van der Waals surface area contributed by atoms with Crippen molar-refractivity contribution in [1.29, 1.82) is 0 Å². The zero-order valence-electron chi connectivity index (χ0n) is 45.7. The number of allylic oxidation sites excluding steroid dienone is 3. The van der Waals surface area contributed by atoms with Gasteiger partial charge in [0.05, 0.1) is 34.5 Å². The minimum absolute atomic E-state index is 0.192. The summed E-state index contributed by atoms with van der Waals surface area (Å²) in [6.07, 6.45) is 13.0. The first-order valence-corrected chi connectivity index (χ1v) is 29.0. The maximum atomic E-state index is 5.67. The molecule has 2 aliphatic carbocycles. The number of nitrogens with zero attached hydrogens (tertiary/aromatic N) is 4. The highest BCUT2D eigenvalue weighted by atomic mass is 15.2. The van der Waals surface area contributed by atoms with E-state index >= 15 is 0 Å². The van der Waals surface area contributed by atoms with Crippen LogP contribution in [0.5, 0.6) is 0 Å². The third kappa shape index (κ3) is 8.53. The summed E-state index contributed by atoms with van der Waals surface area (Å²) >= 11 is 0. The number of aromatic nitrogens is 1. The fourth-order valence-electron chi connectivity index (χ4n) is 13.6. The van der Waals surface area contributed by atoms with Crippen LogP contribution in [0.4, 0.5) is 11.4 Å². The molecule has 0 saturated carbocycles. The number of aliphatic imine (C=N–C) groups is 2. The molecule has 3 unspecified atom stereocenters. The predicted molar refractivity (Wildman–Crippen MR) is 347 cm³/mol. The van der Waals surface area contributed by atoms with Crippen LogP contribution in [0.1, 0.15) is 57.3 Å². The van der Waals surface area contributed by atoms with Crippen molar-refractivity contribution < 1.29 is 0 Å². The third-order valence-corrected chi connectivity index (χ3v) is 17.5. The van der Waals surface area contributed by atoms with Crippen molar-refractivity contribution in [1.82, 2.24) is 4.57 Å². The Hall–Kier alpha value is -10.4. The summed E-state index contributed by atoms with van der Waals surface area (Å²) in [5, 5.41) is 2.48. The Bertz CT molecular complexity index is 4630. The summed E-state index contributed by atoms with van der Waals surface area (Å²) in [4.78, 5) is 13.8. The van der Waals surface area contributed by atoms with Gasteiger partial charge >= 0.3 is 0 Å². The number of para-hydroxylation sites is 3. The lowest BCUT2D eigenvalue weighted by Crippen LogP contribution is -2.28. The van der Waals surface area contributed by atoms with E-state index in [1.54, 1.807) is 0 Å². The molecule has 11 aromatic carbocycles. The maximum Gasteiger partial charge on any atom is 0.155 e. The van der Waals surface area contributed by atoms with Crippen molar-refractivity contribution in [3.05, 3.63) is 330 Å². The van der Waals surface area contributed by atoms with Crippen molar-refractivity contribution in [2.45, 2.75) is 30.8 Å². The summed E-state index contributed by atoms with van der Waals surface area (Å²) in [5.74, 6) is 1.02. The molecule has 4 nitrogen and oxygen atoms in total. The predicted octanol–water partition coefficient (Wildman–Crippen LogP) is 19.7. The minimum Gasteiger partial charge on any atom is -0.333 e. The van der Waals surface area contributed by atoms with Gasteiger partial charge in [-0.3, -0.25) is 4.99 Å². The van der Waals surface area contributed by atoms with Crippen LogP contribution >= 0.6 is 0 Å². The Kier molecular flexibility index (Phi) is 11.8. The number of hydrogen-bond acceptors (Lipinski definition) is 3. The van der Waals surface area contributed by atoms with Gasteiger partial charge in [-0.05, 0) is 133 Å². The molecular formula is C79H56N4. The molecule has 0 radical (unpaired) electrons. The summed E-state index contributed by atoms with van der Waals surface area (Å²) in [5.41, 5.74) is 26.1. The molecular weight excluding hydrogens is 1000 g/mol. The Morgan fingerprint density at radius 3 is 1.87 bits per heavy atom. The molecule has 1 aromatic heterocycles. The van der Waals surface area contributed by atoms with Crippen LogP contribution < -0.4 is 4.90 Å². The van der Waals surface area contributed by atoms with Crippen LogP contribution in [0.2, 0.25) is 0 Å². The Morgan fingerprint density at radius 1 is 0.410 bits per heavy atom. The Morgan fingerprint density at radius 2 is 1.05 bits per heavy atom. The van der Waals surface area contributed by atoms with Gasteiger partial charge in [-0.2, -0.15) is 0 Å². The first kappa shape index (κ1) is 48.5. The molecule has 83 heavy (non-hydrogen) atoms. The molecule has 4 aliphatic rings. The van der Waals surface area contributed by atoms with Crippen LogP contribution in [0.25, 0.3) is 83.6 Å². The highest BCUT2D eigenvalue weighted by Crippen LogP contribution is 2.49. The molecule has 16 rings (SSSR count). The van der Waals surface area contributed by atoms with Crippen molar-refractivity contribution >= 4 is 56.4 Å². The van der Waals surface area contributed by atoms with Gasteiger partial charge in [-0.1, -0.05) is 249 Å². The molecule has 0 spiro atoms. The van der Waals surface area contributed by atoms with E-state index in [-0.39, 0.29) is 12.1 Å². The first-order valence-electron chi connectivity index (χ1n) is 29.0. The van der Waals surface area contributed by atoms with Gasteiger partial charge in [0.1, 0.15) is 0 Å². The van der Waals surface area contributed by atoms with Crippen molar-refractivity contribution in [2.24, 2.45) is 9.98 Å². The highest BCUT2D eigenvalue weighted by Gasteiger charge is 2.37. The average molecular weight is 1060 g/mol. The van der Waals surface area contributed by atoms with E-state index in [9.17, 15) is 0 Å². The molecule has 12 aromatic rings. The first-order chi connectivity index (χ1) is 41.1. The summed E-state index contributed by atoms with van der Waals surface area (Å²) < 4.78 is 2.44. The molecule has 0 N–H and O–H groups in total. The van der Waals surface area contributed by atoms with E-state index < -0.39 is 0 Å². The fourth-order valence-corrected chi connectivity index (χ4v) is 13.6. The van der Waals surface area contributed by atoms with E-state index in [1.807, 2.05) is 0 Å². The lowest BCUT2D eigenvalue weighted by molar-refractivity contribution is 0.736. The fraction of sp³-hybridized carbons (Fsp3) is 0.0633. The lowest BCUT2D eigenvalue weighted by atomic mass is 9.88. The molecule has 3 heterocycles. The second-order valence-corrected chi connectivity index (χ2v) is 22.3. The number of benzene rings is 11. The monoisotopic (exact) mass is 1060 g/mol. The average Bonchev–Trinajstić information content (AvgIpc) is 4.12. The van der Waals surface area contributed by atoms with E-state index in [1.165, 1.54) is 88.8 Å². The third-order valence-electron chi connectivity index (χ3n) is 17.5. The number of rotatable bonds is 9. The summed E-state index contributed by atoms with van der Waals surface area (Å²) in [7, 11) is 0. The lowest BCUT2D eigenvalue weighted by Gasteiger charge is -2.30. The smallest absolute Gasteiger partial charge is 0.155 e. The van der Waals surface area contributed by atoms with Gasteiger partial charge in [0.15, 0.2) is 5.84 Å². The van der Waals surface area contributed by atoms with Gasteiger partial charge in [0, 0.05) is 45.6 Å². The molecule has 0 saturated heterocycles. The topological polar surface area (TPSA) is 32.9 Å². The van der Waals surface area contributed by atoms with Crippen molar-refractivity contribution in [2.75, 3.05) is 4.90 Å². The second kappa shape index (κ2) is 20.3. The van der Waals surface area contributed by atoms with Crippen LogP contribution in [0.3, 0.4) is 0 Å². The number of fused-ring (bicyclic) bond motifs is 9.